The Morgan fingerprint density at radius 1 is 0.840 bits per heavy atom. The lowest BCUT2D eigenvalue weighted by Gasteiger charge is -2.21. The number of hydrogen-bond donors (Lipinski definition) is 0. The van der Waals surface area contributed by atoms with Crippen molar-refractivity contribution in [1.82, 2.24) is 9.80 Å². The number of alkyl halides is 1. The van der Waals surface area contributed by atoms with Gasteiger partial charge < -0.3 is 19.3 Å². The van der Waals surface area contributed by atoms with E-state index in [2.05, 4.69) is 6.92 Å². The first kappa shape index (κ1) is 23.5. The molecular weight excluding hydrogens is 348 g/mol. The van der Waals surface area contributed by atoms with E-state index in [1.54, 1.807) is 0 Å². The molecule has 0 heterocycles. The van der Waals surface area contributed by atoms with Crippen molar-refractivity contribution in [3.05, 3.63) is 0 Å². The van der Waals surface area contributed by atoms with Crippen molar-refractivity contribution in [3.8, 4) is 0 Å². The van der Waals surface area contributed by atoms with Crippen LogP contribution in [0.25, 0.3) is 0 Å². The SMILES string of the molecule is CCCCCCCCOC(=O)CN(C)C(=O)CN(C)C(=O)OCCCl. The molecule has 8 heteroatoms. The Balaban J connectivity index is 3.90. The van der Waals surface area contributed by atoms with Gasteiger partial charge in [-0.1, -0.05) is 39.0 Å². The predicted molar refractivity (Wildman–Crippen MR) is 96.7 cm³/mol. The highest BCUT2D eigenvalue weighted by Crippen LogP contribution is 2.05. The normalized spacial score (nSPS) is 10.2. The second-order valence-corrected chi connectivity index (χ2v) is 6.28. The van der Waals surface area contributed by atoms with Crippen LogP contribution in [0.3, 0.4) is 0 Å². The van der Waals surface area contributed by atoms with Gasteiger partial charge in [0, 0.05) is 14.1 Å². The van der Waals surface area contributed by atoms with E-state index in [1.165, 1.54) is 38.3 Å². The van der Waals surface area contributed by atoms with Crippen LogP contribution in [0.2, 0.25) is 0 Å². The van der Waals surface area contributed by atoms with E-state index in [9.17, 15) is 14.4 Å². The minimum absolute atomic E-state index is 0.0829. The molecule has 7 nitrogen and oxygen atoms in total. The molecule has 2 amide bonds. The number of amides is 2. The van der Waals surface area contributed by atoms with Crippen molar-refractivity contribution in [3.63, 3.8) is 0 Å². The van der Waals surface area contributed by atoms with E-state index in [4.69, 9.17) is 21.1 Å². The smallest absolute Gasteiger partial charge is 0.410 e. The molecule has 0 bridgehead atoms. The molecule has 0 aromatic carbocycles. The summed E-state index contributed by atoms with van der Waals surface area (Å²) in [6, 6.07) is 0. The zero-order valence-corrected chi connectivity index (χ0v) is 16.3. The summed E-state index contributed by atoms with van der Waals surface area (Å²) < 4.78 is 9.93. The number of hydrogen-bond acceptors (Lipinski definition) is 5. The lowest BCUT2D eigenvalue weighted by atomic mass is 10.1. The minimum Gasteiger partial charge on any atom is -0.464 e. The lowest BCUT2D eigenvalue weighted by molar-refractivity contribution is -0.148. The van der Waals surface area contributed by atoms with Crippen LogP contribution < -0.4 is 0 Å². The number of rotatable bonds is 13. The summed E-state index contributed by atoms with van der Waals surface area (Å²) >= 11 is 5.43. The van der Waals surface area contributed by atoms with Crippen molar-refractivity contribution >= 4 is 29.6 Å². The highest BCUT2D eigenvalue weighted by molar-refractivity contribution is 6.18. The molecule has 25 heavy (non-hydrogen) atoms. The van der Waals surface area contributed by atoms with Crippen LogP contribution in [0.5, 0.6) is 0 Å². The van der Waals surface area contributed by atoms with Crippen molar-refractivity contribution in [2.75, 3.05) is 46.3 Å². The Morgan fingerprint density at radius 3 is 2.12 bits per heavy atom. The molecule has 0 aliphatic heterocycles. The van der Waals surface area contributed by atoms with Gasteiger partial charge in [-0.2, -0.15) is 0 Å². The van der Waals surface area contributed by atoms with Gasteiger partial charge in [-0.25, -0.2) is 4.79 Å². The number of carbonyl (C=O) groups excluding carboxylic acids is 3. The number of ether oxygens (including phenoxy) is 2. The second kappa shape index (κ2) is 14.8. The van der Waals surface area contributed by atoms with E-state index >= 15 is 0 Å². The minimum atomic E-state index is -0.631. The van der Waals surface area contributed by atoms with Crippen molar-refractivity contribution in [1.29, 1.82) is 0 Å². The molecule has 0 unspecified atom stereocenters. The Kier molecular flexibility index (Phi) is 13.9. The third-order valence-corrected chi connectivity index (χ3v) is 3.69. The number of carbonyl (C=O) groups is 3. The summed E-state index contributed by atoms with van der Waals surface area (Å²) in [4.78, 5) is 37.6. The maximum absolute atomic E-state index is 12.0. The fourth-order valence-electron chi connectivity index (χ4n) is 2.02. The quantitative estimate of drug-likeness (QED) is 0.280. The second-order valence-electron chi connectivity index (χ2n) is 5.90. The van der Waals surface area contributed by atoms with Gasteiger partial charge in [0.25, 0.3) is 0 Å². The van der Waals surface area contributed by atoms with Gasteiger partial charge in [0.2, 0.25) is 5.91 Å². The highest BCUT2D eigenvalue weighted by atomic mass is 35.5. The van der Waals surface area contributed by atoms with E-state index in [-0.39, 0.29) is 31.5 Å². The third-order valence-electron chi connectivity index (χ3n) is 3.54. The number of unbranched alkanes of at least 4 members (excludes halogenated alkanes) is 5. The predicted octanol–water partition coefficient (Wildman–Crippen LogP) is 2.66. The third kappa shape index (κ3) is 12.5. The van der Waals surface area contributed by atoms with Crippen molar-refractivity contribution in [2.24, 2.45) is 0 Å². The number of likely N-dealkylation sites (N-methyl/N-ethyl adjacent to an activating group) is 2. The van der Waals surface area contributed by atoms with Crippen molar-refractivity contribution in [2.45, 2.75) is 45.4 Å². The largest absolute Gasteiger partial charge is 0.464 e. The Labute approximate surface area is 155 Å². The fourth-order valence-corrected chi connectivity index (χ4v) is 2.10. The molecule has 0 aromatic rings. The molecule has 0 aliphatic carbocycles. The first-order chi connectivity index (χ1) is 11.9. The number of nitrogens with zero attached hydrogens (tertiary/aromatic N) is 2. The monoisotopic (exact) mass is 378 g/mol. The van der Waals surface area contributed by atoms with Crippen LogP contribution in [-0.4, -0.2) is 74.0 Å². The zero-order valence-electron chi connectivity index (χ0n) is 15.6. The molecule has 0 fully saturated rings. The van der Waals surface area contributed by atoms with E-state index in [1.807, 2.05) is 0 Å². The van der Waals surface area contributed by atoms with Gasteiger partial charge in [0.15, 0.2) is 0 Å². The molecule has 0 radical (unpaired) electrons. The first-order valence-electron chi connectivity index (χ1n) is 8.75. The molecule has 0 spiro atoms. The summed E-state index contributed by atoms with van der Waals surface area (Å²) in [6.45, 7) is 2.30. The van der Waals surface area contributed by atoms with Crippen LogP contribution in [0.1, 0.15) is 45.4 Å². The van der Waals surface area contributed by atoms with Gasteiger partial charge in [-0.3, -0.25) is 9.59 Å². The van der Waals surface area contributed by atoms with Gasteiger partial charge in [0.05, 0.1) is 12.5 Å². The molecule has 0 aromatic heterocycles. The van der Waals surface area contributed by atoms with Crippen LogP contribution in [0.4, 0.5) is 4.79 Å². The van der Waals surface area contributed by atoms with Gasteiger partial charge in [-0.05, 0) is 6.42 Å². The highest BCUT2D eigenvalue weighted by Gasteiger charge is 2.19. The van der Waals surface area contributed by atoms with Gasteiger partial charge >= 0.3 is 12.1 Å². The maximum atomic E-state index is 12.0. The average molecular weight is 379 g/mol. The summed E-state index contributed by atoms with van der Waals surface area (Å²) in [7, 11) is 2.94. The fraction of sp³-hybridized carbons (Fsp3) is 0.824. The number of halogens is 1. The molecule has 0 aliphatic rings. The van der Waals surface area contributed by atoms with Crippen LogP contribution in [-0.2, 0) is 19.1 Å². The van der Waals surface area contributed by atoms with Gasteiger partial charge in [0.1, 0.15) is 19.7 Å². The van der Waals surface area contributed by atoms with Gasteiger partial charge in [-0.15, -0.1) is 11.6 Å². The first-order valence-corrected chi connectivity index (χ1v) is 9.29. The molecule has 0 N–H and O–H groups in total. The van der Waals surface area contributed by atoms with Crippen LogP contribution in [0.15, 0.2) is 0 Å². The van der Waals surface area contributed by atoms with E-state index in [0.29, 0.717) is 6.61 Å². The topological polar surface area (TPSA) is 76.2 Å². The Morgan fingerprint density at radius 2 is 1.48 bits per heavy atom. The summed E-state index contributed by atoms with van der Waals surface area (Å²) in [5.74, 6) is -0.628. The summed E-state index contributed by atoms with van der Waals surface area (Å²) in [6.07, 6.45) is 6.04. The summed E-state index contributed by atoms with van der Waals surface area (Å²) in [5, 5.41) is 0. The molecule has 0 saturated heterocycles. The van der Waals surface area contributed by atoms with Crippen LogP contribution in [0, 0.1) is 0 Å². The van der Waals surface area contributed by atoms with E-state index < -0.39 is 12.1 Å². The zero-order chi connectivity index (χ0) is 19.1. The van der Waals surface area contributed by atoms with Crippen molar-refractivity contribution < 1.29 is 23.9 Å². The molecule has 0 atom stereocenters. The lowest BCUT2D eigenvalue weighted by Crippen LogP contribution is -2.41. The van der Waals surface area contributed by atoms with Crippen LogP contribution >= 0.6 is 11.6 Å². The number of esters is 1. The average Bonchev–Trinajstić information content (AvgIpc) is 2.58. The molecule has 146 valence electrons. The molecule has 0 saturated carbocycles. The standard InChI is InChI=1S/C17H31ClN2O5/c1-4-5-6-7-8-9-11-24-16(22)14-19(2)15(21)13-20(3)17(23)25-12-10-18/h4-14H2,1-3H3. The summed E-state index contributed by atoms with van der Waals surface area (Å²) in [5.41, 5.74) is 0. The maximum Gasteiger partial charge on any atom is 0.410 e. The Bertz CT molecular complexity index is 406. The molecular formula is C17H31ClN2O5. The Hall–Kier alpha value is -1.50. The molecule has 0 rings (SSSR count). The van der Waals surface area contributed by atoms with E-state index in [0.717, 1.165) is 24.2 Å².